The van der Waals surface area contributed by atoms with Crippen LogP contribution in [0.15, 0.2) is 0 Å². The van der Waals surface area contributed by atoms with Crippen LogP contribution < -0.4 is 5.73 Å². The van der Waals surface area contributed by atoms with Crippen LogP contribution in [0.3, 0.4) is 0 Å². The van der Waals surface area contributed by atoms with E-state index in [1.807, 2.05) is 0 Å². The van der Waals surface area contributed by atoms with E-state index in [9.17, 15) is 13.2 Å². The minimum Gasteiger partial charge on any atom is -0.343 e. The average Bonchev–Trinajstić information content (AvgIpc) is 2.00. The second-order valence-electron chi connectivity index (χ2n) is 4.09. The van der Waals surface area contributed by atoms with Gasteiger partial charge in [-0.1, -0.05) is 0 Å². The maximum Gasteiger partial charge on any atom is 0.266 e. The highest BCUT2D eigenvalue weighted by atomic mass is 32.2. The molecular formula is C8H16N2O4S. The first-order chi connectivity index (χ1) is 6.72. The summed E-state index contributed by atoms with van der Waals surface area (Å²) < 4.78 is 30.2. The van der Waals surface area contributed by atoms with Crippen molar-refractivity contribution in [2.75, 3.05) is 18.8 Å². The monoisotopic (exact) mass is 236 g/mol. The fourth-order valence-electron chi connectivity index (χ4n) is 1.77. The standard InChI is InChI=1S/C8H16N2O4S/c1-7(11)10-4-2-8(9,3-5-10)6-15(12,13)14/h2-6,9H2,1H3,(H,12,13,14). The molecule has 6 nitrogen and oxygen atoms in total. The summed E-state index contributed by atoms with van der Waals surface area (Å²) in [5.41, 5.74) is 4.93. The number of carbonyl (C=O) groups excluding carboxylic acids is 1. The summed E-state index contributed by atoms with van der Waals surface area (Å²) in [7, 11) is -4.05. The number of hydrogen-bond acceptors (Lipinski definition) is 4. The predicted molar refractivity (Wildman–Crippen MR) is 54.8 cm³/mol. The van der Waals surface area contributed by atoms with Crippen molar-refractivity contribution in [3.8, 4) is 0 Å². The summed E-state index contributed by atoms with van der Waals surface area (Å²) in [5.74, 6) is -0.477. The number of rotatable bonds is 2. The molecule has 0 atom stereocenters. The molecule has 1 aliphatic rings. The molecule has 1 aliphatic heterocycles. The van der Waals surface area contributed by atoms with Crippen molar-refractivity contribution in [1.82, 2.24) is 4.90 Å². The molecule has 15 heavy (non-hydrogen) atoms. The quantitative estimate of drug-likeness (QED) is 0.612. The van der Waals surface area contributed by atoms with Gasteiger partial charge in [-0.25, -0.2) is 0 Å². The molecule has 1 amide bonds. The Hall–Kier alpha value is -0.660. The van der Waals surface area contributed by atoms with E-state index in [-0.39, 0.29) is 5.91 Å². The molecule has 1 heterocycles. The van der Waals surface area contributed by atoms with Crippen LogP contribution >= 0.6 is 0 Å². The lowest BCUT2D eigenvalue weighted by atomic mass is 9.91. The lowest BCUT2D eigenvalue weighted by Crippen LogP contribution is -2.55. The molecule has 1 saturated heterocycles. The van der Waals surface area contributed by atoms with Crippen LogP contribution in [0.4, 0.5) is 0 Å². The highest BCUT2D eigenvalue weighted by Gasteiger charge is 2.35. The SMILES string of the molecule is CC(=O)N1CCC(N)(CS(=O)(=O)O)CC1. The zero-order chi connectivity index (χ0) is 11.7. The third kappa shape index (κ3) is 3.77. The number of likely N-dealkylation sites (tertiary alicyclic amines) is 1. The van der Waals surface area contributed by atoms with E-state index in [1.165, 1.54) is 6.92 Å². The molecule has 1 fully saturated rings. The molecule has 3 N–H and O–H groups in total. The first-order valence-corrected chi connectivity index (χ1v) is 6.32. The third-order valence-electron chi connectivity index (χ3n) is 2.67. The topological polar surface area (TPSA) is 101 Å². The Balaban J connectivity index is 2.59. The summed E-state index contributed by atoms with van der Waals surface area (Å²) in [6, 6.07) is 0. The number of carbonyl (C=O) groups is 1. The minimum absolute atomic E-state index is 0.0381. The van der Waals surface area contributed by atoms with E-state index in [1.54, 1.807) is 4.90 Å². The van der Waals surface area contributed by atoms with E-state index in [2.05, 4.69) is 0 Å². The molecule has 0 unspecified atom stereocenters. The van der Waals surface area contributed by atoms with Crippen LogP contribution in [0.1, 0.15) is 19.8 Å². The van der Waals surface area contributed by atoms with E-state index < -0.39 is 21.4 Å². The molecule has 0 bridgehead atoms. The Morgan fingerprint density at radius 2 is 1.93 bits per heavy atom. The average molecular weight is 236 g/mol. The van der Waals surface area contributed by atoms with E-state index in [0.29, 0.717) is 25.9 Å². The van der Waals surface area contributed by atoms with Gasteiger partial charge in [0.25, 0.3) is 10.1 Å². The Morgan fingerprint density at radius 3 is 2.27 bits per heavy atom. The highest BCUT2D eigenvalue weighted by molar-refractivity contribution is 7.85. The Labute approximate surface area is 89.2 Å². The van der Waals surface area contributed by atoms with Gasteiger partial charge in [0.2, 0.25) is 5.91 Å². The second kappa shape index (κ2) is 4.07. The molecule has 1 rings (SSSR count). The summed E-state index contributed by atoms with van der Waals surface area (Å²) in [6.45, 7) is 2.36. The number of amides is 1. The number of nitrogens with zero attached hydrogens (tertiary/aromatic N) is 1. The second-order valence-corrected chi connectivity index (χ2v) is 5.55. The summed E-state index contributed by atoms with van der Waals surface area (Å²) in [6.07, 6.45) is 0.790. The molecule has 0 spiro atoms. The van der Waals surface area contributed by atoms with Crippen LogP contribution in [0.2, 0.25) is 0 Å². The van der Waals surface area contributed by atoms with Gasteiger partial charge in [-0.2, -0.15) is 8.42 Å². The van der Waals surface area contributed by atoms with Gasteiger partial charge in [-0.05, 0) is 12.8 Å². The van der Waals surface area contributed by atoms with Crippen molar-refractivity contribution < 1.29 is 17.8 Å². The van der Waals surface area contributed by atoms with Crippen LogP contribution in [-0.4, -0.2) is 48.2 Å². The zero-order valence-corrected chi connectivity index (χ0v) is 9.46. The number of piperidine rings is 1. The molecule has 0 saturated carbocycles. The van der Waals surface area contributed by atoms with Gasteiger partial charge in [0.1, 0.15) is 0 Å². The van der Waals surface area contributed by atoms with Gasteiger partial charge in [-0.15, -0.1) is 0 Å². The molecular weight excluding hydrogens is 220 g/mol. The first kappa shape index (κ1) is 12.4. The third-order valence-corrected chi connectivity index (χ3v) is 3.61. The largest absolute Gasteiger partial charge is 0.343 e. The van der Waals surface area contributed by atoms with Crippen molar-refractivity contribution in [2.45, 2.75) is 25.3 Å². The number of hydrogen-bond donors (Lipinski definition) is 2. The van der Waals surface area contributed by atoms with Crippen LogP contribution in [0.5, 0.6) is 0 Å². The molecule has 7 heteroatoms. The minimum atomic E-state index is -4.05. The zero-order valence-electron chi connectivity index (χ0n) is 8.64. The Bertz CT molecular complexity index is 344. The Morgan fingerprint density at radius 1 is 1.47 bits per heavy atom. The molecule has 0 radical (unpaired) electrons. The summed E-state index contributed by atoms with van der Waals surface area (Å²) in [4.78, 5) is 12.6. The maximum atomic E-state index is 11.0. The van der Waals surface area contributed by atoms with E-state index in [4.69, 9.17) is 10.3 Å². The van der Waals surface area contributed by atoms with Crippen molar-refractivity contribution in [3.05, 3.63) is 0 Å². The van der Waals surface area contributed by atoms with E-state index in [0.717, 1.165) is 0 Å². The van der Waals surface area contributed by atoms with Gasteiger partial charge in [-0.3, -0.25) is 9.35 Å². The highest BCUT2D eigenvalue weighted by Crippen LogP contribution is 2.21. The van der Waals surface area contributed by atoms with Gasteiger partial charge in [0.05, 0.1) is 5.75 Å². The fourth-order valence-corrected chi connectivity index (χ4v) is 2.79. The first-order valence-electron chi connectivity index (χ1n) is 4.71. The Kier molecular flexibility index (Phi) is 3.37. The molecule has 0 aromatic rings. The van der Waals surface area contributed by atoms with Gasteiger partial charge >= 0.3 is 0 Å². The molecule has 0 aromatic heterocycles. The van der Waals surface area contributed by atoms with Gasteiger partial charge in [0, 0.05) is 25.6 Å². The van der Waals surface area contributed by atoms with Gasteiger partial charge < -0.3 is 10.6 Å². The van der Waals surface area contributed by atoms with Crippen molar-refractivity contribution in [2.24, 2.45) is 5.73 Å². The lowest BCUT2D eigenvalue weighted by Gasteiger charge is -2.37. The summed E-state index contributed by atoms with van der Waals surface area (Å²) in [5, 5.41) is 0. The molecule has 0 aliphatic carbocycles. The molecule has 88 valence electrons. The molecule has 0 aromatic carbocycles. The van der Waals surface area contributed by atoms with Crippen molar-refractivity contribution >= 4 is 16.0 Å². The smallest absolute Gasteiger partial charge is 0.266 e. The van der Waals surface area contributed by atoms with Crippen LogP contribution in [0, 0.1) is 0 Å². The van der Waals surface area contributed by atoms with Crippen molar-refractivity contribution in [3.63, 3.8) is 0 Å². The van der Waals surface area contributed by atoms with Gasteiger partial charge in [0.15, 0.2) is 0 Å². The van der Waals surface area contributed by atoms with Crippen molar-refractivity contribution in [1.29, 1.82) is 0 Å². The van der Waals surface area contributed by atoms with Crippen LogP contribution in [-0.2, 0) is 14.9 Å². The fraction of sp³-hybridized carbons (Fsp3) is 0.875. The lowest BCUT2D eigenvalue weighted by molar-refractivity contribution is -0.130. The summed E-state index contributed by atoms with van der Waals surface area (Å²) >= 11 is 0. The predicted octanol–water partition coefficient (Wildman–Crippen LogP) is -0.786. The van der Waals surface area contributed by atoms with Crippen LogP contribution in [0.25, 0.3) is 0 Å². The van der Waals surface area contributed by atoms with E-state index >= 15 is 0 Å². The number of nitrogens with two attached hydrogens (primary N) is 1. The maximum absolute atomic E-state index is 11.0. The normalized spacial score (nSPS) is 21.4.